The average Bonchev–Trinajstić information content (AvgIpc) is 3.26. The number of aryl methyl sites for hydroxylation is 2. The fourth-order valence-corrected chi connectivity index (χ4v) is 3.89. The maximum absolute atomic E-state index is 13.2. The van der Waals surface area contributed by atoms with E-state index in [1.54, 1.807) is 12.1 Å². The monoisotopic (exact) mass is 462 g/mol. The molecule has 0 unspecified atom stereocenters. The quantitative estimate of drug-likeness (QED) is 0.429. The molecule has 0 saturated heterocycles. The lowest BCUT2D eigenvalue weighted by Crippen LogP contribution is -2.24. The van der Waals surface area contributed by atoms with Crippen LogP contribution in [0, 0.1) is 12.7 Å². The zero-order valence-corrected chi connectivity index (χ0v) is 19.5. The van der Waals surface area contributed by atoms with Gasteiger partial charge in [0.15, 0.2) is 5.65 Å². The Bertz CT molecular complexity index is 1370. The van der Waals surface area contributed by atoms with Crippen molar-refractivity contribution in [3.63, 3.8) is 0 Å². The van der Waals surface area contributed by atoms with E-state index in [0.29, 0.717) is 16.7 Å². The van der Waals surface area contributed by atoms with Gasteiger partial charge in [-0.3, -0.25) is 14.2 Å². The van der Waals surface area contributed by atoms with Gasteiger partial charge in [0.25, 0.3) is 5.56 Å². The zero-order valence-electron chi connectivity index (χ0n) is 19.5. The lowest BCUT2D eigenvalue weighted by Gasteiger charge is -2.22. The molecular formula is C25H27FN6O2. The van der Waals surface area contributed by atoms with Gasteiger partial charge < -0.3 is 10.2 Å². The number of nitrogens with one attached hydrogen (secondary N) is 1. The summed E-state index contributed by atoms with van der Waals surface area (Å²) in [6, 6.07) is 11.7. The van der Waals surface area contributed by atoms with E-state index in [2.05, 4.69) is 40.2 Å². The minimum absolute atomic E-state index is 0.121. The Morgan fingerprint density at radius 2 is 1.85 bits per heavy atom. The highest BCUT2D eigenvalue weighted by molar-refractivity contribution is 5.91. The molecule has 0 fully saturated rings. The summed E-state index contributed by atoms with van der Waals surface area (Å²) in [5.74, 6) is -0.545. The summed E-state index contributed by atoms with van der Waals surface area (Å²) in [5, 5.41) is 7.48. The number of fused-ring (bicyclic) bond motifs is 1. The standard InChI is InChI=1S/C25H27FN6O2/c1-4-30(5-2)20-10-11-22(17(3)14-20)29-23(33)12-13-31-16-27-24-21(25(31)34)15-28-32(24)19-8-6-18(26)7-9-19/h6-11,14-16H,4-5,12-13H2,1-3H3,(H,29,33). The van der Waals surface area contributed by atoms with E-state index in [1.807, 2.05) is 19.1 Å². The normalized spacial score (nSPS) is 11.1. The maximum Gasteiger partial charge on any atom is 0.264 e. The Labute approximate surface area is 196 Å². The second-order valence-electron chi connectivity index (χ2n) is 7.98. The molecule has 0 aliphatic heterocycles. The van der Waals surface area contributed by atoms with E-state index >= 15 is 0 Å². The van der Waals surface area contributed by atoms with Gasteiger partial charge in [0.05, 0.1) is 18.2 Å². The van der Waals surface area contributed by atoms with Crippen LogP contribution in [-0.4, -0.2) is 38.3 Å². The third kappa shape index (κ3) is 4.68. The third-order valence-corrected chi connectivity index (χ3v) is 5.82. The van der Waals surface area contributed by atoms with E-state index in [-0.39, 0.29) is 30.2 Å². The summed E-state index contributed by atoms with van der Waals surface area (Å²) in [5.41, 5.74) is 3.54. The number of amides is 1. The van der Waals surface area contributed by atoms with Crippen molar-refractivity contribution in [1.82, 2.24) is 19.3 Å². The molecule has 0 bridgehead atoms. The number of aromatic nitrogens is 4. The molecule has 0 saturated carbocycles. The van der Waals surface area contributed by atoms with Crippen molar-refractivity contribution in [3.05, 3.63) is 76.7 Å². The SMILES string of the molecule is CCN(CC)c1ccc(NC(=O)CCn2cnc3c(cnn3-c3ccc(F)cc3)c2=O)c(C)c1. The topological polar surface area (TPSA) is 85.1 Å². The molecule has 1 amide bonds. The summed E-state index contributed by atoms with van der Waals surface area (Å²) in [4.78, 5) is 32.0. The van der Waals surface area contributed by atoms with Crippen LogP contribution in [0.2, 0.25) is 0 Å². The van der Waals surface area contributed by atoms with Gasteiger partial charge >= 0.3 is 0 Å². The van der Waals surface area contributed by atoms with E-state index in [4.69, 9.17) is 0 Å². The minimum Gasteiger partial charge on any atom is -0.372 e. The Balaban J connectivity index is 1.45. The van der Waals surface area contributed by atoms with Gasteiger partial charge in [-0.15, -0.1) is 0 Å². The second-order valence-corrected chi connectivity index (χ2v) is 7.98. The Hall–Kier alpha value is -4.01. The molecule has 8 nitrogen and oxygen atoms in total. The first-order valence-corrected chi connectivity index (χ1v) is 11.3. The summed E-state index contributed by atoms with van der Waals surface area (Å²) < 4.78 is 16.1. The van der Waals surface area contributed by atoms with E-state index in [1.165, 1.54) is 33.9 Å². The molecule has 9 heteroatoms. The Kier molecular flexibility index (Phi) is 6.72. The molecule has 0 atom stereocenters. The second kappa shape index (κ2) is 9.86. The van der Waals surface area contributed by atoms with Crippen LogP contribution in [0.25, 0.3) is 16.7 Å². The van der Waals surface area contributed by atoms with Crippen LogP contribution in [-0.2, 0) is 11.3 Å². The van der Waals surface area contributed by atoms with Gasteiger partial charge in [0.1, 0.15) is 11.2 Å². The van der Waals surface area contributed by atoms with E-state index in [0.717, 1.165) is 30.0 Å². The zero-order chi connectivity index (χ0) is 24.2. The lowest BCUT2D eigenvalue weighted by atomic mass is 10.1. The highest BCUT2D eigenvalue weighted by Crippen LogP contribution is 2.23. The van der Waals surface area contributed by atoms with Gasteiger partial charge in [-0.05, 0) is 68.8 Å². The fourth-order valence-electron chi connectivity index (χ4n) is 3.89. The molecule has 0 spiro atoms. The van der Waals surface area contributed by atoms with Crippen molar-refractivity contribution in [2.24, 2.45) is 0 Å². The number of benzene rings is 2. The molecule has 2 aromatic heterocycles. The molecule has 4 aromatic rings. The van der Waals surface area contributed by atoms with Crippen LogP contribution in [0.1, 0.15) is 25.8 Å². The summed E-state index contributed by atoms with van der Waals surface area (Å²) in [6.07, 6.45) is 2.96. The van der Waals surface area contributed by atoms with Crippen molar-refractivity contribution in [3.8, 4) is 5.69 Å². The van der Waals surface area contributed by atoms with Gasteiger partial charge in [0.2, 0.25) is 5.91 Å². The number of rotatable bonds is 8. The first-order valence-electron chi connectivity index (χ1n) is 11.3. The van der Waals surface area contributed by atoms with E-state index in [9.17, 15) is 14.0 Å². The summed E-state index contributed by atoms with van der Waals surface area (Å²) >= 11 is 0. The number of hydrogen-bond acceptors (Lipinski definition) is 5. The predicted molar refractivity (Wildman–Crippen MR) is 131 cm³/mol. The smallest absolute Gasteiger partial charge is 0.264 e. The molecule has 176 valence electrons. The number of nitrogens with zero attached hydrogens (tertiary/aromatic N) is 5. The third-order valence-electron chi connectivity index (χ3n) is 5.82. The molecule has 34 heavy (non-hydrogen) atoms. The van der Waals surface area contributed by atoms with Crippen LogP contribution >= 0.6 is 0 Å². The van der Waals surface area contributed by atoms with Crippen LogP contribution in [0.3, 0.4) is 0 Å². The molecule has 0 radical (unpaired) electrons. The van der Waals surface area contributed by atoms with Gasteiger partial charge in [-0.2, -0.15) is 5.10 Å². The average molecular weight is 463 g/mol. The summed E-state index contributed by atoms with van der Waals surface area (Å²) in [6.45, 7) is 8.19. The van der Waals surface area contributed by atoms with Crippen LogP contribution in [0.4, 0.5) is 15.8 Å². The number of halogens is 1. The number of anilines is 2. The number of carbonyl (C=O) groups is 1. The van der Waals surface area contributed by atoms with Crippen molar-refractivity contribution in [2.45, 2.75) is 33.7 Å². The van der Waals surface area contributed by atoms with Crippen molar-refractivity contribution in [2.75, 3.05) is 23.3 Å². The van der Waals surface area contributed by atoms with Gasteiger partial charge in [0, 0.05) is 37.4 Å². The number of carbonyl (C=O) groups excluding carboxylic acids is 1. The molecular weight excluding hydrogens is 435 g/mol. The first kappa shape index (κ1) is 23.2. The largest absolute Gasteiger partial charge is 0.372 e. The molecule has 4 rings (SSSR count). The fraction of sp³-hybridized carbons (Fsp3) is 0.280. The van der Waals surface area contributed by atoms with Crippen molar-refractivity contribution in [1.29, 1.82) is 0 Å². The van der Waals surface area contributed by atoms with E-state index < -0.39 is 0 Å². The van der Waals surface area contributed by atoms with Gasteiger partial charge in [-0.1, -0.05) is 0 Å². The minimum atomic E-state index is -0.358. The van der Waals surface area contributed by atoms with Gasteiger partial charge in [-0.25, -0.2) is 14.1 Å². The predicted octanol–water partition coefficient (Wildman–Crippen LogP) is 3.90. The highest BCUT2D eigenvalue weighted by atomic mass is 19.1. The summed E-state index contributed by atoms with van der Waals surface area (Å²) in [7, 11) is 0. The molecule has 0 aliphatic carbocycles. The Morgan fingerprint density at radius 1 is 1.12 bits per heavy atom. The Morgan fingerprint density at radius 3 is 2.53 bits per heavy atom. The molecule has 2 heterocycles. The molecule has 1 N–H and O–H groups in total. The van der Waals surface area contributed by atoms with Crippen LogP contribution in [0.5, 0.6) is 0 Å². The van der Waals surface area contributed by atoms with Crippen LogP contribution in [0.15, 0.2) is 59.8 Å². The van der Waals surface area contributed by atoms with Crippen LogP contribution < -0.4 is 15.8 Å². The maximum atomic E-state index is 13.2. The molecule has 0 aliphatic rings. The van der Waals surface area contributed by atoms with Crippen molar-refractivity contribution >= 4 is 28.3 Å². The first-order chi connectivity index (χ1) is 16.4. The number of hydrogen-bond donors (Lipinski definition) is 1. The lowest BCUT2D eigenvalue weighted by molar-refractivity contribution is -0.116. The van der Waals surface area contributed by atoms with Crippen molar-refractivity contribution < 1.29 is 9.18 Å². The molecule has 2 aromatic carbocycles. The highest BCUT2D eigenvalue weighted by Gasteiger charge is 2.13.